The molecule has 5 nitrogen and oxygen atoms in total. The summed E-state index contributed by atoms with van der Waals surface area (Å²) in [6.07, 6.45) is 0.785. The lowest BCUT2D eigenvalue weighted by atomic mass is 10.0. The SMILES string of the molecule is CCc1ccccc1C(=O)N(C)C(C)/C(N)=N/O. The molecule has 5 heteroatoms. The summed E-state index contributed by atoms with van der Waals surface area (Å²) in [5, 5.41) is 11.6. The monoisotopic (exact) mass is 249 g/mol. The third-order valence-electron chi connectivity index (χ3n) is 3.07. The van der Waals surface area contributed by atoms with Crippen LogP contribution in [0.1, 0.15) is 29.8 Å². The van der Waals surface area contributed by atoms with E-state index >= 15 is 0 Å². The fourth-order valence-electron chi connectivity index (χ4n) is 1.69. The molecule has 18 heavy (non-hydrogen) atoms. The van der Waals surface area contributed by atoms with Gasteiger partial charge in [-0.1, -0.05) is 30.3 Å². The van der Waals surface area contributed by atoms with Crippen LogP contribution in [0.3, 0.4) is 0 Å². The highest BCUT2D eigenvalue weighted by molar-refractivity contribution is 5.99. The first-order valence-electron chi connectivity index (χ1n) is 5.85. The van der Waals surface area contributed by atoms with E-state index in [0.29, 0.717) is 5.56 Å². The van der Waals surface area contributed by atoms with Crippen molar-refractivity contribution in [3.05, 3.63) is 35.4 Å². The molecule has 0 aliphatic carbocycles. The Bertz CT molecular complexity index is 457. The number of rotatable bonds is 4. The molecule has 0 aromatic heterocycles. The maximum atomic E-state index is 12.3. The van der Waals surface area contributed by atoms with Crippen molar-refractivity contribution in [1.82, 2.24) is 4.90 Å². The third kappa shape index (κ3) is 2.80. The molecular formula is C13H19N3O2. The molecule has 3 N–H and O–H groups in total. The smallest absolute Gasteiger partial charge is 0.254 e. The summed E-state index contributed by atoms with van der Waals surface area (Å²) in [6.45, 7) is 3.71. The van der Waals surface area contributed by atoms with Gasteiger partial charge < -0.3 is 15.8 Å². The van der Waals surface area contributed by atoms with Gasteiger partial charge in [-0.25, -0.2) is 0 Å². The van der Waals surface area contributed by atoms with Crippen LogP contribution in [0.25, 0.3) is 0 Å². The van der Waals surface area contributed by atoms with Gasteiger partial charge in [-0.15, -0.1) is 0 Å². The summed E-state index contributed by atoms with van der Waals surface area (Å²) < 4.78 is 0. The lowest BCUT2D eigenvalue weighted by Crippen LogP contribution is -2.44. The van der Waals surface area contributed by atoms with Crippen molar-refractivity contribution in [3.8, 4) is 0 Å². The van der Waals surface area contributed by atoms with Crippen LogP contribution in [0.5, 0.6) is 0 Å². The second kappa shape index (κ2) is 6.05. The van der Waals surface area contributed by atoms with Crippen molar-refractivity contribution >= 4 is 11.7 Å². The number of carbonyl (C=O) groups is 1. The second-order valence-corrected chi connectivity index (χ2v) is 4.13. The van der Waals surface area contributed by atoms with Gasteiger partial charge in [-0.05, 0) is 25.0 Å². The van der Waals surface area contributed by atoms with E-state index in [1.54, 1.807) is 20.0 Å². The standard InChI is InChI=1S/C13H19N3O2/c1-4-10-7-5-6-8-11(10)13(17)16(3)9(2)12(14)15-18/h5-9,18H,4H2,1-3H3,(H2,14,15). The number of hydrogen-bond donors (Lipinski definition) is 2. The number of amides is 1. The van der Waals surface area contributed by atoms with Gasteiger partial charge in [-0.2, -0.15) is 0 Å². The quantitative estimate of drug-likeness (QED) is 0.367. The van der Waals surface area contributed by atoms with Gasteiger partial charge in [0, 0.05) is 12.6 Å². The summed E-state index contributed by atoms with van der Waals surface area (Å²) in [7, 11) is 1.64. The van der Waals surface area contributed by atoms with Crippen molar-refractivity contribution in [3.63, 3.8) is 0 Å². The lowest BCUT2D eigenvalue weighted by Gasteiger charge is -2.24. The molecule has 1 aromatic rings. The van der Waals surface area contributed by atoms with Crippen molar-refractivity contribution in [2.75, 3.05) is 7.05 Å². The normalized spacial score (nSPS) is 13.2. The first-order valence-corrected chi connectivity index (χ1v) is 5.85. The maximum Gasteiger partial charge on any atom is 0.254 e. The second-order valence-electron chi connectivity index (χ2n) is 4.13. The molecule has 1 unspecified atom stereocenters. The van der Waals surface area contributed by atoms with E-state index in [1.165, 1.54) is 4.90 Å². The number of benzene rings is 1. The molecule has 1 aromatic carbocycles. The summed E-state index contributed by atoms with van der Waals surface area (Å²) >= 11 is 0. The Morgan fingerprint density at radius 3 is 2.67 bits per heavy atom. The van der Waals surface area contributed by atoms with E-state index < -0.39 is 6.04 Å². The fourth-order valence-corrected chi connectivity index (χ4v) is 1.69. The molecule has 0 spiro atoms. The Morgan fingerprint density at radius 2 is 2.11 bits per heavy atom. The minimum atomic E-state index is -0.451. The van der Waals surface area contributed by atoms with Gasteiger partial charge in [0.15, 0.2) is 5.84 Å². The van der Waals surface area contributed by atoms with Crippen LogP contribution in [0, 0.1) is 0 Å². The van der Waals surface area contributed by atoms with Crippen LogP contribution in [0.2, 0.25) is 0 Å². The highest BCUT2D eigenvalue weighted by atomic mass is 16.4. The Kier molecular flexibility index (Phi) is 4.71. The average Bonchev–Trinajstić information content (AvgIpc) is 2.43. The van der Waals surface area contributed by atoms with Crippen LogP contribution in [0.4, 0.5) is 0 Å². The van der Waals surface area contributed by atoms with E-state index in [4.69, 9.17) is 10.9 Å². The number of carbonyl (C=O) groups excluding carboxylic acids is 1. The number of likely N-dealkylation sites (N-methyl/N-ethyl adjacent to an activating group) is 1. The third-order valence-corrected chi connectivity index (χ3v) is 3.07. The number of oxime groups is 1. The number of aryl methyl sites for hydroxylation is 1. The van der Waals surface area contributed by atoms with Crippen LogP contribution >= 0.6 is 0 Å². The molecule has 0 saturated carbocycles. The zero-order valence-corrected chi connectivity index (χ0v) is 10.9. The van der Waals surface area contributed by atoms with Crippen LogP contribution < -0.4 is 5.73 Å². The zero-order chi connectivity index (χ0) is 13.7. The number of nitrogens with zero attached hydrogens (tertiary/aromatic N) is 2. The molecule has 0 fully saturated rings. The molecule has 0 saturated heterocycles. The average molecular weight is 249 g/mol. The molecule has 98 valence electrons. The minimum Gasteiger partial charge on any atom is -0.409 e. The van der Waals surface area contributed by atoms with Gasteiger partial charge in [0.2, 0.25) is 0 Å². The first kappa shape index (κ1) is 14.0. The summed E-state index contributed by atoms with van der Waals surface area (Å²) in [5.74, 6) is -0.119. The molecule has 1 atom stereocenters. The summed E-state index contributed by atoms with van der Waals surface area (Å²) in [4.78, 5) is 13.8. The molecule has 0 heterocycles. The predicted molar refractivity (Wildman–Crippen MR) is 70.8 cm³/mol. The minimum absolute atomic E-state index is 0.0137. The molecule has 1 rings (SSSR count). The number of nitrogens with two attached hydrogens (primary N) is 1. The van der Waals surface area contributed by atoms with Crippen LogP contribution in [0.15, 0.2) is 29.4 Å². The number of hydrogen-bond acceptors (Lipinski definition) is 3. The van der Waals surface area contributed by atoms with E-state index in [-0.39, 0.29) is 11.7 Å². The van der Waals surface area contributed by atoms with Crippen molar-refractivity contribution < 1.29 is 10.0 Å². The number of amidine groups is 1. The fraction of sp³-hybridized carbons (Fsp3) is 0.385. The molecule has 0 bridgehead atoms. The molecule has 0 aliphatic heterocycles. The van der Waals surface area contributed by atoms with Gasteiger partial charge in [0.1, 0.15) is 0 Å². The predicted octanol–water partition coefficient (Wildman–Crippen LogP) is 1.46. The van der Waals surface area contributed by atoms with E-state index in [0.717, 1.165) is 12.0 Å². The van der Waals surface area contributed by atoms with Crippen molar-refractivity contribution in [2.24, 2.45) is 10.9 Å². The first-order chi connectivity index (χ1) is 8.52. The molecule has 0 radical (unpaired) electrons. The molecule has 1 amide bonds. The Balaban J connectivity index is 3.00. The summed E-state index contributed by atoms with van der Waals surface area (Å²) in [6, 6.07) is 7.00. The van der Waals surface area contributed by atoms with Crippen LogP contribution in [-0.4, -0.2) is 34.9 Å². The lowest BCUT2D eigenvalue weighted by molar-refractivity contribution is 0.0775. The Hall–Kier alpha value is -2.04. The summed E-state index contributed by atoms with van der Waals surface area (Å²) in [5.41, 5.74) is 7.15. The van der Waals surface area contributed by atoms with Gasteiger partial charge in [0.25, 0.3) is 5.91 Å². The van der Waals surface area contributed by atoms with Gasteiger partial charge in [0.05, 0.1) is 6.04 Å². The Labute approximate surface area is 107 Å². The Morgan fingerprint density at radius 1 is 1.50 bits per heavy atom. The van der Waals surface area contributed by atoms with Crippen molar-refractivity contribution in [1.29, 1.82) is 0 Å². The van der Waals surface area contributed by atoms with Crippen LogP contribution in [-0.2, 0) is 6.42 Å². The van der Waals surface area contributed by atoms with Gasteiger partial charge >= 0.3 is 0 Å². The van der Waals surface area contributed by atoms with E-state index in [9.17, 15) is 4.79 Å². The van der Waals surface area contributed by atoms with Gasteiger partial charge in [-0.3, -0.25) is 4.79 Å². The highest BCUT2D eigenvalue weighted by Crippen LogP contribution is 2.13. The van der Waals surface area contributed by atoms with Crippen molar-refractivity contribution in [2.45, 2.75) is 26.3 Å². The largest absolute Gasteiger partial charge is 0.409 e. The maximum absolute atomic E-state index is 12.3. The topological polar surface area (TPSA) is 78.9 Å². The molecular weight excluding hydrogens is 230 g/mol. The molecule has 0 aliphatic rings. The zero-order valence-electron chi connectivity index (χ0n) is 10.9. The van der Waals surface area contributed by atoms with E-state index in [1.807, 2.05) is 25.1 Å². The highest BCUT2D eigenvalue weighted by Gasteiger charge is 2.21. The van der Waals surface area contributed by atoms with E-state index in [2.05, 4.69) is 5.16 Å².